The molecule has 4 aromatic rings. The van der Waals surface area contributed by atoms with Crippen LogP contribution in [0.4, 0.5) is 11.4 Å². The molecule has 0 atom stereocenters. The van der Waals surface area contributed by atoms with Crippen molar-refractivity contribution in [1.29, 1.82) is 5.26 Å². The van der Waals surface area contributed by atoms with Gasteiger partial charge < -0.3 is 28.9 Å². The number of anilines is 2. The van der Waals surface area contributed by atoms with Crippen LogP contribution in [-0.2, 0) is 14.3 Å². The normalized spacial score (nSPS) is 14.0. The molecule has 0 bridgehead atoms. The summed E-state index contributed by atoms with van der Waals surface area (Å²) in [6, 6.07) is 15.5. The van der Waals surface area contributed by atoms with Crippen molar-refractivity contribution >= 4 is 55.6 Å². The van der Waals surface area contributed by atoms with Gasteiger partial charge in [0.25, 0.3) is 10.1 Å². The quantitative estimate of drug-likeness (QED) is 0.0959. The molecule has 1 fully saturated rings. The Balaban J connectivity index is 1.45. The number of halogens is 2. The van der Waals surface area contributed by atoms with Gasteiger partial charge in [-0.25, -0.2) is 0 Å². The van der Waals surface area contributed by atoms with Crippen molar-refractivity contribution in [2.75, 3.05) is 78.6 Å². The Hall–Kier alpha value is -3.83. The van der Waals surface area contributed by atoms with Crippen molar-refractivity contribution in [3.05, 3.63) is 75.9 Å². The molecule has 1 aliphatic rings. The molecule has 11 nitrogen and oxygen atoms in total. The Bertz CT molecular complexity index is 1950. The van der Waals surface area contributed by atoms with Crippen LogP contribution in [0.1, 0.15) is 24.0 Å². The van der Waals surface area contributed by atoms with Gasteiger partial charge >= 0.3 is 0 Å². The molecule has 1 saturated heterocycles. The average Bonchev–Trinajstić information content (AvgIpc) is 3.11. The van der Waals surface area contributed by atoms with Crippen LogP contribution < -0.4 is 19.1 Å². The first-order chi connectivity index (χ1) is 24.0. The first kappa shape index (κ1) is 37.4. The molecule has 1 aliphatic heterocycles. The van der Waals surface area contributed by atoms with Crippen LogP contribution in [0.5, 0.6) is 17.2 Å². The highest BCUT2D eigenvalue weighted by atomic mass is 35.5. The van der Waals surface area contributed by atoms with E-state index in [1.807, 2.05) is 11.8 Å². The first-order valence-electron chi connectivity index (χ1n) is 16.3. The molecule has 0 saturated carbocycles. The van der Waals surface area contributed by atoms with E-state index in [-0.39, 0.29) is 30.0 Å². The number of benzene rings is 3. The Kier molecular flexibility index (Phi) is 12.7. The number of aromatic nitrogens is 1. The smallest absolute Gasteiger partial charge is 0.296 e. The van der Waals surface area contributed by atoms with Gasteiger partial charge in [0.15, 0.2) is 11.5 Å². The predicted molar refractivity (Wildman–Crippen MR) is 196 cm³/mol. The fraction of sp³-hybridized carbons (Fsp3) is 0.389. The molecule has 0 radical (unpaired) electrons. The van der Waals surface area contributed by atoms with Crippen LogP contribution in [0.25, 0.3) is 10.9 Å². The second-order valence-corrected chi connectivity index (χ2v) is 14.5. The molecule has 3 aromatic carbocycles. The molecule has 1 aromatic heterocycles. The lowest BCUT2D eigenvalue weighted by Crippen LogP contribution is -2.44. The number of ether oxygens (including phenoxy) is 3. The number of rotatable bonds is 15. The van der Waals surface area contributed by atoms with Crippen molar-refractivity contribution in [3.8, 4) is 23.3 Å². The number of piperazine rings is 1. The minimum atomic E-state index is -3.99. The number of pyridine rings is 1. The summed E-state index contributed by atoms with van der Waals surface area (Å²) in [6.07, 6.45) is 2.59. The summed E-state index contributed by atoms with van der Waals surface area (Å²) in [6.45, 7) is 7.58. The molecule has 50 heavy (non-hydrogen) atoms. The maximum absolute atomic E-state index is 12.9. The summed E-state index contributed by atoms with van der Waals surface area (Å²) in [5, 5.41) is 11.5. The van der Waals surface area contributed by atoms with Gasteiger partial charge in [-0.2, -0.15) is 13.7 Å². The molecule has 2 heterocycles. The van der Waals surface area contributed by atoms with Gasteiger partial charge in [0, 0.05) is 63.0 Å². The van der Waals surface area contributed by atoms with Crippen molar-refractivity contribution in [2.45, 2.75) is 24.7 Å². The van der Waals surface area contributed by atoms with Gasteiger partial charge in [0.2, 0.25) is 0 Å². The number of aryl methyl sites for hydroxylation is 1. The van der Waals surface area contributed by atoms with Crippen LogP contribution in [0.15, 0.2) is 59.6 Å². The van der Waals surface area contributed by atoms with Gasteiger partial charge in [-0.3, -0.25) is 9.17 Å². The Labute approximate surface area is 303 Å². The molecule has 0 amide bonds. The largest absolute Gasteiger partial charge is 0.495 e. The lowest BCUT2D eigenvalue weighted by molar-refractivity contribution is 0.145. The Morgan fingerprint density at radius 2 is 1.64 bits per heavy atom. The van der Waals surface area contributed by atoms with E-state index >= 15 is 0 Å². The molecular weight excluding hydrogens is 701 g/mol. The number of fused-ring (bicyclic) bond motifs is 1. The van der Waals surface area contributed by atoms with Gasteiger partial charge in [-0.05, 0) is 51.1 Å². The number of nitrogens with zero attached hydrogens (tertiary/aromatic N) is 5. The third kappa shape index (κ3) is 8.90. The summed E-state index contributed by atoms with van der Waals surface area (Å²) >= 11 is 13.2. The van der Waals surface area contributed by atoms with Crippen LogP contribution in [0.3, 0.4) is 0 Å². The van der Waals surface area contributed by atoms with E-state index in [2.05, 4.69) is 27.9 Å². The lowest BCUT2D eigenvalue weighted by atomic mass is 10.1. The van der Waals surface area contributed by atoms with E-state index in [1.54, 1.807) is 43.5 Å². The summed E-state index contributed by atoms with van der Waals surface area (Å²) < 4.78 is 48.7. The zero-order valence-electron chi connectivity index (χ0n) is 28.6. The molecule has 0 spiro atoms. The van der Waals surface area contributed by atoms with E-state index < -0.39 is 10.1 Å². The minimum absolute atomic E-state index is 0.0711. The third-order valence-corrected chi connectivity index (χ3v) is 10.5. The summed E-state index contributed by atoms with van der Waals surface area (Å²) in [4.78, 5) is 11.2. The second kappa shape index (κ2) is 16.9. The number of nitriles is 1. The summed E-state index contributed by atoms with van der Waals surface area (Å²) in [5.41, 5.74) is 2.74. The van der Waals surface area contributed by atoms with Gasteiger partial charge in [0.1, 0.15) is 11.8 Å². The highest BCUT2D eigenvalue weighted by molar-refractivity contribution is 7.86. The zero-order chi connectivity index (χ0) is 35.8. The standard InChI is InChI=1S/C36H41Cl2N5O6S/c1-25-7-9-27(10-8-25)50(44,45)49-18-6-12-43(32-22-33(46-3)30(38)20-29(32)37)36-26(23-39)24-40-31-21-35(34(47-4)19-28(31)36)48-17-5-11-42-15-13-41(2)14-16-42/h7-10,19-22,24H,5-6,11-18H2,1-4H3. The zero-order valence-corrected chi connectivity index (χ0v) is 30.9. The third-order valence-electron chi connectivity index (χ3n) is 8.57. The fourth-order valence-corrected chi connectivity index (χ4v) is 7.28. The SMILES string of the molecule is COc1cc(N(CCCOS(=O)(=O)c2ccc(C)cc2)c2c(C#N)cnc3cc(OCCCN4CCN(C)CC4)c(OC)cc23)c(Cl)cc1Cl. The number of hydrogen-bond donors (Lipinski definition) is 0. The van der Waals surface area contributed by atoms with E-state index in [1.165, 1.54) is 25.4 Å². The van der Waals surface area contributed by atoms with Crippen LogP contribution >= 0.6 is 23.2 Å². The fourth-order valence-electron chi connectivity index (χ4n) is 5.77. The first-order valence-corrected chi connectivity index (χ1v) is 18.4. The lowest BCUT2D eigenvalue weighted by Gasteiger charge is -2.32. The maximum atomic E-state index is 12.9. The Morgan fingerprint density at radius 1 is 0.920 bits per heavy atom. The van der Waals surface area contributed by atoms with E-state index in [9.17, 15) is 13.7 Å². The monoisotopic (exact) mass is 741 g/mol. The molecule has 0 N–H and O–H groups in total. The average molecular weight is 743 g/mol. The van der Waals surface area contributed by atoms with Gasteiger partial charge in [-0.15, -0.1) is 0 Å². The highest BCUT2D eigenvalue weighted by Crippen LogP contribution is 2.44. The van der Waals surface area contributed by atoms with Crippen molar-refractivity contribution in [3.63, 3.8) is 0 Å². The van der Waals surface area contributed by atoms with Crippen molar-refractivity contribution < 1.29 is 26.8 Å². The van der Waals surface area contributed by atoms with Gasteiger partial charge in [0.05, 0.1) is 64.8 Å². The van der Waals surface area contributed by atoms with Gasteiger partial charge in [-0.1, -0.05) is 40.9 Å². The van der Waals surface area contributed by atoms with Crippen LogP contribution in [0.2, 0.25) is 10.0 Å². The molecule has 0 unspecified atom stereocenters. The molecule has 0 aliphatic carbocycles. The highest BCUT2D eigenvalue weighted by Gasteiger charge is 2.24. The second-order valence-electron chi connectivity index (χ2n) is 12.0. The van der Waals surface area contributed by atoms with Crippen molar-refractivity contribution in [2.24, 2.45) is 0 Å². The molecular formula is C36H41Cl2N5O6S. The van der Waals surface area contributed by atoms with Crippen LogP contribution in [0, 0.1) is 18.3 Å². The van der Waals surface area contributed by atoms with E-state index in [4.69, 9.17) is 41.6 Å². The maximum Gasteiger partial charge on any atom is 0.296 e. The number of likely N-dealkylation sites (N-methyl/N-ethyl adjacent to an activating group) is 1. The Morgan fingerprint density at radius 3 is 2.32 bits per heavy atom. The topological polar surface area (TPSA) is 117 Å². The van der Waals surface area contributed by atoms with E-state index in [0.717, 1.165) is 44.7 Å². The summed E-state index contributed by atoms with van der Waals surface area (Å²) in [7, 11) is 1.20. The van der Waals surface area contributed by atoms with E-state index in [0.29, 0.717) is 56.2 Å². The predicted octanol–water partition coefficient (Wildman–Crippen LogP) is 6.69. The molecule has 14 heteroatoms. The van der Waals surface area contributed by atoms with Crippen molar-refractivity contribution in [1.82, 2.24) is 14.8 Å². The molecule has 5 rings (SSSR count). The summed E-state index contributed by atoms with van der Waals surface area (Å²) in [5.74, 6) is 1.38. The number of hydrogen-bond acceptors (Lipinski definition) is 11. The van der Waals surface area contributed by atoms with Crippen LogP contribution in [-0.4, -0.2) is 97.0 Å². The molecule has 266 valence electrons. The minimum Gasteiger partial charge on any atom is -0.495 e. The number of methoxy groups -OCH3 is 2.